The summed E-state index contributed by atoms with van der Waals surface area (Å²) in [6.07, 6.45) is 1.32. The predicted molar refractivity (Wildman–Crippen MR) is 130 cm³/mol. The number of rotatable bonds is 8. The molecule has 0 saturated heterocycles. The smallest absolute Gasteiger partial charge is 0.271 e. The predicted octanol–water partition coefficient (Wildman–Crippen LogP) is 4.99. The number of aryl methyl sites for hydroxylation is 1. The van der Waals surface area contributed by atoms with E-state index in [2.05, 4.69) is 15.8 Å². The van der Waals surface area contributed by atoms with Crippen LogP contribution in [0.25, 0.3) is 0 Å². The number of nitro groups is 1. The van der Waals surface area contributed by atoms with E-state index in [1.165, 1.54) is 42.6 Å². The van der Waals surface area contributed by atoms with E-state index < -0.39 is 10.8 Å². The molecular formula is C23H18Cl2N4O5. The first-order valence-electron chi connectivity index (χ1n) is 9.80. The summed E-state index contributed by atoms with van der Waals surface area (Å²) in [7, 11) is 0. The van der Waals surface area contributed by atoms with Gasteiger partial charge in [0, 0.05) is 23.4 Å². The number of para-hydroxylation sites is 1. The summed E-state index contributed by atoms with van der Waals surface area (Å²) in [6, 6.07) is 15.4. The van der Waals surface area contributed by atoms with E-state index in [1.807, 2.05) is 25.1 Å². The van der Waals surface area contributed by atoms with Gasteiger partial charge >= 0.3 is 0 Å². The van der Waals surface area contributed by atoms with Crippen molar-refractivity contribution in [3.05, 3.63) is 97.5 Å². The van der Waals surface area contributed by atoms with Crippen LogP contribution in [-0.4, -0.2) is 29.6 Å². The van der Waals surface area contributed by atoms with E-state index in [9.17, 15) is 19.7 Å². The van der Waals surface area contributed by atoms with Crippen LogP contribution in [0, 0.1) is 17.0 Å². The fourth-order valence-electron chi connectivity index (χ4n) is 2.79. The monoisotopic (exact) mass is 500 g/mol. The Hall–Kier alpha value is -3.95. The van der Waals surface area contributed by atoms with Crippen LogP contribution in [0.1, 0.15) is 21.5 Å². The van der Waals surface area contributed by atoms with Gasteiger partial charge < -0.3 is 10.1 Å². The highest BCUT2D eigenvalue weighted by molar-refractivity contribution is 6.37. The standard InChI is InChI=1S/C23H18Cl2N4O5/c1-14-4-2-3-5-20(14)27-21(30)13-34-22-18(24)10-15(11-19(22)25)12-26-28-23(31)16-6-8-17(9-7-16)29(32)33/h2-12H,13H2,1H3,(H,27,30)(H,28,31)/b26-12+. The van der Waals surface area contributed by atoms with E-state index in [-0.39, 0.29) is 39.6 Å². The number of nitrogens with zero attached hydrogens (tertiary/aromatic N) is 2. The average molecular weight is 501 g/mol. The quantitative estimate of drug-likeness (QED) is 0.256. The van der Waals surface area contributed by atoms with E-state index in [1.54, 1.807) is 6.07 Å². The molecule has 0 saturated carbocycles. The Bertz CT molecular complexity index is 1240. The Balaban J connectivity index is 1.58. The molecule has 0 aromatic heterocycles. The van der Waals surface area contributed by atoms with Crippen molar-refractivity contribution in [2.45, 2.75) is 6.92 Å². The minimum Gasteiger partial charge on any atom is -0.481 e. The Morgan fingerprint density at radius 1 is 1.09 bits per heavy atom. The number of hydrogen-bond donors (Lipinski definition) is 2. The number of carbonyl (C=O) groups is 2. The van der Waals surface area contributed by atoms with Crippen LogP contribution in [0.5, 0.6) is 5.75 Å². The lowest BCUT2D eigenvalue weighted by atomic mass is 10.2. The fraction of sp³-hybridized carbons (Fsp3) is 0.0870. The van der Waals surface area contributed by atoms with Gasteiger partial charge in [-0.15, -0.1) is 0 Å². The third-order valence-corrected chi connectivity index (χ3v) is 5.07. The van der Waals surface area contributed by atoms with Gasteiger partial charge in [-0.2, -0.15) is 5.10 Å². The van der Waals surface area contributed by atoms with Gasteiger partial charge in [-0.25, -0.2) is 5.43 Å². The van der Waals surface area contributed by atoms with Crippen molar-refractivity contribution >= 4 is 52.6 Å². The summed E-state index contributed by atoms with van der Waals surface area (Å²) < 4.78 is 5.49. The summed E-state index contributed by atoms with van der Waals surface area (Å²) >= 11 is 12.5. The molecule has 9 nitrogen and oxygen atoms in total. The molecule has 2 N–H and O–H groups in total. The molecule has 0 unspecified atom stereocenters. The van der Waals surface area contributed by atoms with Gasteiger partial charge in [0.2, 0.25) is 0 Å². The molecule has 0 fully saturated rings. The van der Waals surface area contributed by atoms with Crippen molar-refractivity contribution in [1.82, 2.24) is 5.43 Å². The molecular weight excluding hydrogens is 483 g/mol. The molecule has 0 radical (unpaired) electrons. The molecule has 0 spiro atoms. The second-order valence-corrected chi connectivity index (χ2v) is 7.78. The van der Waals surface area contributed by atoms with Gasteiger partial charge in [0.15, 0.2) is 12.4 Å². The van der Waals surface area contributed by atoms with Crippen LogP contribution < -0.4 is 15.5 Å². The van der Waals surface area contributed by atoms with E-state index in [4.69, 9.17) is 27.9 Å². The maximum Gasteiger partial charge on any atom is 0.271 e. The summed E-state index contributed by atoms with van der Waals surface area (Å²) in [5, 5.41) is 17.6. The van der Waals surface area contributed by atoms with Crippen LogP contribution >= 0.6 is 23.2 Å². The number of anilines is 1. The zero-order chi connectivity index (χ0) is 24.7. The average Bonchev–Trinajstić information content (AvgIpc) is 2.80. The zero-order valence-corrected chi connectivity index (χ0v) is 19.3. The molecule has 0 aliphatic carbocycles. The van der Waals surface area contributed by atoms with Crippen LogP contribution in [0.2, 0.25) is 10.0 Å². The number of ether oxygens (including phenoxy) is 1. The number of non-ortho nitro benzene ring substituents is 1. The number of amides is 2. The molecule has 174 valence electrons. The van der Waals surface area contributed by atoms with Gasteiger partial charge in [0.25, 0.3) is 17.5 Å². The van der Waals surface area contributed by atoms with Crippen LogP contribution in [-0.2, 0) is 4.79 Å². The lowest BCUT2D eigenvalue weighted by Crippen LogP contribution is -2.20. The minimum absolute atomic E-state index is 0.126. The highest BCUT2D eigenvalue weighted by Crippen LogP contribution is 2.34. The fourth-order valence-corrected chi connectivity index (χ4v) is 3.41. The maximum atomic E-state index is 12.2. The second-order valence-electron chi connectivity index (χ2n) is 6.97. The first-order valence-corrected chi connectivity index (χ1v) is 10.6. The number of hydrogen-bond acceptors (Lipinski definition) is 6. The summed E-state index contributed by atoms with van der Waals surface area (Å²) in [4.78, 5) is 34.4. The topological polar surface area (TPSA) is 123 Å². The minimum atomic E-state index is -0.558. The number of halogens is 2. The maximum absolute atomic E-state index is 12.2. The second kappa shape index (κ2) is 11.3. The lowest BCUT2D eigenvalue weighted by molar-refractivity contribution is -0.384. The van der Waals surface area contributed by atoms with Crippen molar-refractivity contribution in [3.8, 4) is 5.75 Å². The Morgan fingerprint density at radius 3 is 2.35 bits per heavy atom. The number of benzene rings is 3. The molecule has 3 aromatic carbocycles. The lowest BCUT2D eigenvalue weighted by Gasteiger charge is -2.12. The molecule has 0 aliphatic heterocycles. The van der Waals surface area contributed by atoms with E-state index in [0.717, 1.165) is 5.56 Å². The molecule has 11 heteroatoms. The SMILES string of the molecule is Cc1ccccc1NC(=O)COc1c(Cl)cc(/C=N/NC(=O)c2ccc([N+](=O)[O-])cc2)cc1Cl. The van der Waals surface area contributed by atoms with E-state index >= 15 is 0 Å². The van der Waals surface area contributed by atoms with Crippen LogP contribution in [0.15, 0.2) is 65.8 Å². The normalized spacial score (nSPS) is 10.7. The largest absolute Gasteiger partial charge is 0.481 e. The Kier molecular flexibility index (Phi) is 8.18. The third kappa shape index (κ3) is 6.53. The highest BCUT2D eigenvalue weighted by atomic mass is 35.5. The van der Waals surface area contributed by atoms with Crippen molar-refractivity contribution < 1.29 is 19.2 Å². The molecule has 0 atom stereocenters. The van der Waals surface area contributed by atoms with Crippen molar-refractivity contribution in [3.63, 3.8) is 0 Å². The summed E-state index contributed by atoms with van der Waals surface area (Å²) in [5.74, 6) is -0.792. The summed E-state index contributed by atoms with van der Waals surface area (Å²) in [5.41, 5.74) is 4.44. The zero-order valence-electron chi connectivity index (χ0n) is 17.7. The molecule has 3 rings (SSSR count). The molecule has 34 heavy (non-hydrogen) atoms. The first kappa shape index (κ1) is 24.7. The van der Waals surface area contributed by atoms with Gasteiger partial charge in [-0.05, 0) is 48.4 Å². The molecule has 0 aliphatic rings. The van der Waals surface area contributed by atoms with Gasteiger partial charge in [-0.3, -0.25) is 19.7 Å². The number of nitro benzene ring substituents is 1. The van der Waals surface area contributed by atoms with E-state index in [0.29, 0.717) is 11.3 Å². The van der Waals surface area contributed by atoms with Crippen LogP contribution in [0.3, 0.4) is 0 Å². The molecule has 0 heterocycles. The number of carbonyl (C=O) groups excluding carboxylic acids is 2. The van der Waals surface area contributed by atoms with Crippen molar-refractivity contribution in [1.29, 1.82) is 0 Å². The van der Waals surface area contributed by atoms with Gasteiger partial charge in [-0.1, -0.05) is 41.4 Å². The summed E-state index contributed by atoms with van der Waals surface area (Å²) in [6.45, 7) is 1.57. The molecule has 2 amide bonds. The molecule has 3 aromatic rings. The Labute approximate surface area is 204 Å². The van der Waals surface area contributed by atoms with Gasteiger partial charge in [0.05, 0.1) is 21.2 Å². The van der Waals surface area contributed by atoms with Crippen LogP contribution in [0.4, 0.5) is 11.4 Å². The highest BCUT2D eigenvalue weighted by Gasteiger charge is 2.13. The van der Waals surface area contributed by atoms with Crippen molar-refractivity contribution in [2.75, 3.05) is 11.9 Å². The van der Waals surface area contributed by atoms with Crippen molar-refractivity contribution in [2.24, 2.45) is 5.10 Å². The van der Waals surface area contributed by atoms with Gasteiger partial charge in [0.1, 0.15) is 0 Å². The number of nitrogens with one attached hydrogen (secondary N) is 2. The first-order chi connectivity index (χ1) is 16.2. The molecule has 0 bridgehead atoms. The number of hydrazone groups is 1. The Morgan fingerprint density at radius 2 is 1.74 bits per heavy atom. The third-order valence-electron chi connectivity index (χ3n) is 4.51.